The minimum Gasteiger partial charge on any atom is -0.335 e. The smallest absolute Gasteiger partial charge is 0.321 e. The lowest BCUT2D eigenvalue weighted by Crippen LogP contribution is -2.33. The van der Waals surface area contributed by atoms with E-state index in [1.165, 1.54) is 19.3 Å². The number of rotatable bonds is 2. The molecule has 1 N–H and O–H groups in total. The van der Waals surface area contributed by atoms with Gasteiger partial charge in [-0.15, -0.1) is 0 Å². The molecule has 1 aromatic rings. The predicted octanol–water partition coefficient (Wildman–Crippen LogP) is 2.61. The summed E-state index contributed by atoms with van der Waals surface area (Å²) in [6.07, 6.45) is 3.77. The van der Waals surface area contributed by atoms with Crippen LogP contribution in [0.4, 0.5) is 6.01 Å². The molecule has 15 heavy (non-hydrogen) atoms. The summed E-state index contributed by atoms with van der Waals surface area (Å²) in [6.45, 7) is 6.45. The zero-order valence-corrected chi connectivity index (χ0v) is 9.66. The standard InChI is InChI=1S/C11H19N3O/c1-7-4-5-10(8(2)6-7)13-11-12-9(3)14-15-11/h7-8,10H,4-6H2,1-3H3,(H,12,13,14). The highest BCUT2D eigenvalue weighted by molar-refractivity contribution is 5.21. The number of hydrogen-bond donors (Lipinski definition) is 1. The Bertz CT molecular complexity index is 323. The van der Waals surface area contributed by atoms with Crippen molar-refractivity contribution in [3.05, 3.63) is 5.82 Å². The SMILES string of the molecule is Cc1noc(NC2CCC(C)CC2C)n1. The number of aryl methyl sites for hydroxylation is 1. The Labute approximate surface area is 90.4 Å². The molecule has 4 nitrogen and oxygen atoms in total. The van der Waals surface area contributed by atoms with Gasteiger partial charge in [-0.3, -0.25) is 0 Å². The quantitative estimate of drug-likeness (QED) is 0.813. The van der Waals surface area contributed by atoms with Crippen LogP contribution in [0.1, 0.15) is 38.9 Å². The Morgan fingerprint density at radius 1 is 1.33 bits per heavy atom. The molecule has 0 spiro atoms. The summed E-state index contributed by atoms with van der Waals surface area (Å²) in [6, 6.07) is 1.06. The van der Waals surface area contributed by atoms with Crippen molar-refractivity contribution in [1.82, 2.24) is 10.1 Å². The van der Waals surface area contributed by atoms with Gasteiger partial charge in [0.15, 0.2) is 5.82 Å². The van der Waals surface area contributed by atoms with E-state index in [2.05, 4.69) is 29.3 Å². The average Bonchev–Trinajstić information content (AvgIpc) is 2.56. The third kappa shape index (κ3) is 2.49. The fourth-order valence-electron chi connectivity index (χ4n) is 2.39. The summed E-state index contributed by atoms with van der Waals surface area (Å²) >= 11 is 0. The summed E-state index contributed by atoms with van der Waals surface area (Å²) < 4.78 is 5.07. The molecule has 0 radical (unpaired) electrons. The van der Waals surface area contributed by atoms with Crippen LogP contribution in [0.25, 0.3) is 0 Å². The van der Waals surface area contributed by atoms with Crippen molar-refractivity contribution >= 4 is 6.01 Å². The van der Waals surface area contributed by atoms with E-state index in [-0.39, 0.29) is 0 Å². The number of anilines is 1. The third-order valence-electron chi connectivity index (χ3n) is 3.27. The summed E-state index contributed by atoms with van der Waals surface area (Å²) in [5, 5.41) is 7.11. The summed E-state index contributed by atoms with van der Waals surface area (Å²) in [5.41, 5.74) is 0. The van der Waals surface area contributed by atoms with Gasteiger partial charge in [0.1, 0.15) is 0 Å². The van der Waals surface area contributed by atoms with Gasteiger partial charge >= 0.3 is 6.01 Å². The van der Waals surface area contributed by atoms with E-state index in [0.29, 0.717) is 23.8 Å². The second-order valence-corrected chi connectivity index (χ2v) is 4.79. The van der Waals surface area contributed by atoms with Crippen LogP contribution in [0.5, 0.6) is 0 Å². The molecule has 1 heterocycles. The van der Waals surface area contributed by atoms with Gasteiger partial charge < -0.3 is 9.84 Å². The Morgan fingerprint density at radius 3 is 2.73 bits per heavy atom. The van der Waals surface area contributed by atoms with Gasteiger partial charge in [0.05, 0.1) is 0 Å². The van der Waals surface area contributed by atoms with Gasteiger partial charge in [0.2, 0.25) is 0 Å². The van der Waals surface area contributed by atoms with Gasteiger partial charge in [0.25, 0.3) is 0 Å². The molecule has 3 atom stereocenters. The van der Waals surface area contributed by atoms with Crippen molar-refractivity contribution in [2.45, 2.75) is 46.1 Å². The molecule has 1 aliphatic rings. The first-order valence-corrected chi connectivity index (χ1v) is 5.72. The highest BCUT2D eigenvalue weighted by atomic mass is 16.5. The van der Waals surface area contributed by atoms with Crippen LogP contribution < -0.4 is 5.32 Å². The number of nitrogens with zero attached hydrogens (tertiary/aromatic N) is 2. The third-order valence-corrected chi connectivity index (χ3v) is 3.27. The fraction of sp³-hybridized carbons (Fsp3) is 0.818. The van der Waals surface area contributed by atoms with Gasteiger partial charge in [-0.05, 0) is 38.0 Å². The lowest BCUT2D eigenvalue weighted by molar-refractivity contribution is 0.271. The molecule has 2 rings (SSSR count). The number of hydrogen-bond acceptors (Lipinski definition) is 4. The van der Waals surface area contributed by atoms with Crippen molar-refractivity contribution in [2.75, 3.05) is 5.32 Å². The van der Waals surface area contributed by atoms with Gasteiger partial charge in [-0.25, -0.2) is 0 Å². The van der Waals surface area contributed by atoms with E-state index in [1.54, 1.807) is 0 Å². The highest BCUT2D eigenvalue weighted by Gasteiger charge is 2.26. The summed E-state index contributed by atoms with van der Waals surface area (Å²) in [7, 11) is 0. The molecular formula is C11H19N3O. The van der Waals surface area contributed by atoms with E-state index in [4.69, 9.17) is 4.52 Å². The van der Waals surface area contributed by atoms with Crippen LogP contribution in [-0.2, 0) is 0 Å². The first kappa shape index (κ1) is 10.5. The molecular weight excluding hydrogens is 190 g/mol. The zero-order valence-electron chi connectivity index (χ0n) is 9.66. The fourth-order valence-corrected chi connectivity index (χ4v) is 2.39. The summed E-state index contributed by atoms with van der Waals surface area (Å²) in [5.74, 6) is 2.22. The van der Waals surface area contributed by atoms with Gasteiger partial charge in [-0.1, -0.05) is 19.0 Å². The van der Waals surface area contributed by atoms with E-state index in [1.807, 2.05) is 6.92 Å². The molecule has 1 fully saturated rings. The lowest BCUT2D eigenvalue weighted by Gasteiger charge is -2.32. The number of aromatic nitrogens is 2. The zero-order chi connectivity index (χ0) is 10.8. The molecule has 84 valence electrons. The molecule has 4 heteroatoms. The topological polar surface area (TPSA) is 51.0 Å². The second-order valence-electron chi connectivity index (χ2n) is 4.79. The van der Waals surface area contributed by atoms with E-state index in [0.717, 1.165) is 5.92 Å². The monoisotopic (exact) mass is 209 g/mol. The molecule has 3 unspecified atom stereocenters. The van der Waals surface area contributed by atoms with Crippen LogP contribution in [0.15, 0.2) is 4.52 Å². The van der Waals surface area contributed by atoms with E-state index in [9.17, 15) is 0 Å². The van der Waals surface area contributed by atoms with Gasteiger partial charge in [-0.2, -0.15) is 4.98 Å². The van der Waals surface area contributed by atoms with Crippen molar-refractivity contribution in [3.63, 3.8) is 0 Å². The van der Waals surface area contributed by atoms with Crippen molar-refractivity contribution < 1.29 is 4.52 Å². The van der Waals surface area contributed by atoms with Crippen molar-refractivity contribution in [3.8, 4) is 0 Å². The van der Waals surface area contributed by atoms with E-state index < -0.39 is 0 Å². The second kappa shape index (κ2) is 4.21. The minimum absolute atomic E-state index is 0.487. The lowest BCUT2D eigenvalue weighted by atomic mass is 9.80. The maximum Gasteiger partial charge on any atom is 0.321 e. The van der Waals surface area contributed by atoms with Gasteiger partial charge in [0, 0.05) is 6.04 Å². The molecule has 1 saturated carbocycles. The number of nitrogens with one attached hydrogen (secondary N) is 1. The van der Waals surface area contributed by atoms with Crippen LogP contribution >= 0.6 is 0 Å². The minimum atomic E-state index is 0.487. The van der Waals surface area contributed by atoms with Crippen LogP contribution in [-0.4, -0.2) is 16.2 Å². The summed E-state index contributed by atoms with van der Waals surface area (Å²) in [4.78, 5) is 4.17. The molecule has 0 saturated heterocycles. The van der Waals surface area contributed by atoms with E-state index >= 15 is 0 Å². The Kier molecular flexibility index (Phi) is 2.93. The Balaban J connectivity index is 1.94. The Morgan fingerprint density at radius 2 is 2.13 bits per heavy atom. The van der Waals surface area contributed by atoms with Crippen LogP contribution in [0.2, 0.25) is 0 Å². The Hall–Kier alpha value is -1.06. The van der Waals surface area contributed by atoms with Crippen LogP contribution in [0.3, 0.4) is 0 Å². The maximum atomic E-state index is 5.07. The average molecular weight is 209 g/mol. The normalized spacial score (nSPS) is 31.5. The first-order valence-electron chi connectivity index (χ1n) is 5.72. The molecule has 0 aliphatic heterocycles. The van der Waals surface area contributed by atoms with Crippen molar-refractivity contribution in [2.24, 2.45) is 11.8 Å². The molecule has 0 amide bonds. The molecule has 0 aromatic carbocycles. The molecule has 1 aliphatic carbocycles. The first-order chi connectivity index (χ1) is 7.15. The molecule has 0 bridgehead atoms. The largest absolute Gasteiger partial charge is 0.335 e. The maximum absolute atomic E-state index is 5.07. The highest BCUT2D eigenvalue weighted by Crippen LogP contribution is 2.30. The van der Waals surface area contributed by atoms with Crippen molar-refractivity contribution in [1.29, 1.82) is 0 Å². The predicted molar refractivity (Wildman–Crippen MR) is 58.6 cm³/mol. The van der Waals surface area contributed by atoms with Crippen LogP contribution in [0, 0.1) is 18.8 Å². The molecule has 1 aromatic heterocycles.